The monoisotopic (exact) mass is 1670 g/mol. The first kappa shape index (κ1) is 92.3. The molecule has 0 saturated carbocycles. The summed E-state index contributed by atoms with van der Waals surface area (Å²) in [6.07, 6.45) is -19.1. The number of hydrogen-bond donors (Lipinski definition) is 21. The van der Waals surface area contributed by atoms with Gasteiger partial charge in [-0.1, -0.05) is 6.92 Å². The van der Waals surface area contributed by atoms with E-state index in [1.165, 1.54) is 50.4 Å². The molecule has 616 valence electrons. The molecule has 4 aromatic rings. The average Bonchev–Trinajstić information content (AvgIpc) is 0.856. The average molecular weight is 1680 g/mol. The van der Waals surface area contributed by atoms with Gasteiger partial charge in [0.25, 0.3) is 11.8 Å². The van der Waals surface area contributed by atoms with Gasteiger partial charge < -0.3 is 135 Å². The molecule has 1 unspecified atom stereocenters. The Balaban J connectivity index is 0.00000121. The Morgan fingerprint density at radius 2 is 1.50 bits per heavy atom. The number of alkyl halides is 2. The van der Waals surface area contributed by atoms with Gasteiger partial charge in [0, 0.05) is 86.6 Å². The lowest BCUT2D eigenvalue weighted by Gasteiger charge is -2.47. The van der Waals surface area contributed by atoms with Crippen molar-refractivity contribution >= 4 is 118 Å². The van der Waals surface area contributed by atoms with Crippen molar-refractivity contribution < 1.29 is 112 Å². The second kappa shape index (κ2) is 44.2. The molecular weight excluding hydrogens is 1580 g/mol. The number of hydrogen-bond acceptors (Lipinski definition) is 33. The molecule has 7 rings (SSSR count). The third kappa shape index (κ3) is 26.0. The number of nitrogens with zero attached hydrogens (tertiary/aromatic N) is 6. The van der Waals surface area contributed by atoms with Crippen LogP contribution in [0.2, 0.25) is 0 Å². The van der Waals surface area contributed by atoms with Crippen LogP contribution in [0.25, 0.3) is 10.7 Å². The Morgan fingerprint density at radius 3 is 2.10 bits per heavy atom. The number of thiazole rings is 2. The van der Waals surface area contributed by atoms with E-state index in [2.05, 4.69) is 79.4 Å². The van der Waals surface area contributed by atoms with Crippen LogP contribution in [0.4, 0.5) is 10.6 Å². The van der Waals surface area contributed by atoms with Crippen LogP contribution in [-0.4, -0.2) is 310 Å². The van der Waals surface area contributed by atoms with Crippen molar-refractivity contribution in [3.8, 4) is 10.7 Å². The number of aromatic amines is 1. The van der Waals surface area contributed by atoms with Crippen molar-refractivity contribution in [3.63, 3.8) is 0 Å². The largest absolute Gasteiger partial charge is 0.441 e. The minimum Gasteiger partial charge on any atom is -0.441 e. The molecule has 7 heterocycles. The van der Waals surface area contributed by atoms with Crippen molar-refractivity contribution in [2.75, 3.05) is 94.8 Å². The van der Waals surface area contributed by atoms with Crippen molar-refractivity contribution in [3.05, 3.63) is 56.8 Å². The van der Waals surface area contributed by atoms with Gasteiger partial charge in [0.1, 0.15) is 100 Å². The fourth-order valence-corrected chi connectivity index (χ4v) is 16.1. The Labute approximate surface area is 652 Å². The van der Waals surface area contributed by atoms with Gasteiger partial charge in [-0.3, -0.25) is 38.1 Å². The maximum atomic E-state index is 15.2. The number of nitrogens with two attached hydrogens (primary N) is 5. The molecule has 20 atom stereocenters. The van der Waals surface area contributed by atoms with Gasteiger partial charge in [-0.15, -0.1) is 45.9 Å². The predicted molar refractivity (Wildman–Crippen MR) is 398 cm³/mol. The van der Waals surface area contributed by atoms with Crippen LogP contribution < -0.4 is 65.7 Å². The molecule has 3 saturated heterocycles. The van der Waals surface area contributed by atoms with Gasteiger partial charge in [-0.25, -0.2) is 39.5 Å². The minimum absolute atomic E-state index is 0.00498. The first-order chi connectivity index (χ1) is 52.1. The Kier molecular flexibility index (Phi) is 37.0. The summed E-state index contributed by atoms with van der Waals surface area (Å²) in [6.45, 7) is 5.48. The normalized spacial score (nSPS) is 24.5. The van der Waals surface area contributed by atoms with E-state index in [0.717, 1.165) is 37.7 Å². The number of aliphatic hydroxyl groups excluding tert-OH is 8. The number of carbonyl (C=O) groups is 8. The SMILES string of the molecule is Cc1c(N)nc([C@H](CC(N)=O)NC[C@H](N)C(N)=O)nc1C(=O)N[C@H](C(=O)N[C@H](C)[C@@H](O)[C@H](C)C(=O)N[C@H](C(=O)NCCc1nc(-c2nc(C(=O)NCCC[S+](C)C)cs2)cs1)[C@@H](C)O)[C@@H](O[C@@H]1O[C@@H](CO)[C@H](O)[C@@H](O)[C@@H]1O[C@@H]1O[C@@H](CO)[C@H](O)[C@@H](OC(N)=O)[C@@H]1O)c1cnc[nH]1.O=P1(N(CCCl)CCCl)NCCCO1. The van der Waals surface area contributed by atoms with E-state index in [0.29, 0.717) is 53.7 Å². The standard InChI is InChI=1S/C55H83N17O21S3.C7H15Cl2N2O2P/c1-20-33(69-46(72-44(20)58)25(12-31(57)76)64-13-24(56)45(59)82)50(86)71-35(41(26-14-61-19-65-26)91-54-43(39(80)37(78)29(15-73)90-54)92-53-40(81)42(93-55(60)88)38(79)30(16-74)89-53)51(87)66-22(3)36(77)21(2)47(83)70-34(23(4)75)49(85)63-10-8-32-67-28(18-94-32)52-68-27(17-95-52)48(84)62-9-7-11-96(5)6;8-2-5-11(6-3-9)14(12)10-4-1-7-13-14/h14,17-19,21-25,29-30,34-43,53-54,64,73-75,77-81H,7-13,15-16,56H2,1-6H3,(H13-,57,58,59,60,61,62,63,65,66,69,70,71,72,76,82,83,84,85,86,87,88);1-7H2,(H,10,12)/p+1/t21-,22+,23+,24-,25-,29-,30-,34-,35-,36-,37-,38-,39+,40-,41-,42+,43-,53-,54-;/m0./s1. The number of primary amides is 3. The number of aromatic nitrogens is 6. The molecule has 0 radical (unpaired) electrons. The highest BCUT2D eigenvalue weighted by Gasteiger charge is 2.54. The summed E-state index contributed by atoms with van der Waals surface area (Å²) in [4.78, 5) is 131. The van der Waals surface area contributed by atoms with Crippen LogP contribution >= 0.6 is 53.5 Å². The zero-order valence-electron chi connectivity index (χ0n) is 60.8. The number of H-pyrrole nitrogens is 1. The second-order valence-corrected chi connectivity index (χ2v) is 32.9. The molecule has 8 amide bonds. The van der Waals surface area contributed by atoms with Crippen molar-refractivity contribution in [2.45, 2.75) is 163 Å². The summed E-state index contributed by atoms with van der Waals surface area (Å²) >= 11 is 13.8. The Morgan fingerprint density at radius 1 is 0.818 bits per heavy atom. The number of aliphatic hydroxyl groups is 8. The summed E-state index contributed by atoms with van der Waals surface area (Å²) < 4.78 is 47.9. The van der Waals surface area contributed by atoms with Crippen molar-refractivity contribution in [2.24, 2.45) is 28.9 Å². The van der Waals surface area contributed by atoms with Crippen LogP contribution in [0.1, 0.15) is 95.2 Å². The fraction of sp³-hybridized carbons (Fsp3) is 0.661. The summed E-state index contributed by atoms with van der Waals surface area (Å²) in [5.74, 6) is -6.84. The molecular formula is C62H99Cl2N19O23PS3+. The fourth-order valence-electron chi connectivity index (χ4n) is 11.1. The van der Waals surface area contributed by atoms with Crippen LogP contribution in [0.15, 0.2) is 23.3 Å². The summed E-state index contributed by atoms with van der Waals surface area (Å²) in [6, 6.07) is -7.85. The molecule has 26 N–H and O–H groups in total. The second-order valence-electron chi connectivity index (χ2n) is 25.8. The van der Waals surface area contributed by atoms with E-state index in [9.17, 15) is 79.0 Å². The van der Waals surface area contributed by atoms with E-state index in [4.69, 9.17) is 80.1 Å². The quantitative estimate of drug-likeness (QED) is 0.00854. The number of anilines is 1. The van der Waals surface area contributed by atoms with Crippen LogP contribution in [0, 0.1) is 12.8 Å². The molecule has 110 heavy (non-hydrogen) atoms. The highest BCUT2D eigenvalue weighted by molar-refractivity contribution is 7.95. The zero-order chi connectivity index (χ0) is 81.4. The number of halogens is 2. The van der Waals surface area contributed by atoms with Gasteiger partial charge in [0.2, 0.25) is 29.5 Å². The molecule has 0 bridgehead atoms. The number of imidazole rings is 1. The summed E-state index contributed by atoms with van der Waals surface area (Å²) in [7, 11) is -2.59. The third-order valence-electron chi connectivity index (χ3n) is 17.2. The number of nitrogens with one attached hydrogen (secondary N) is 8. The lowest BCUT2D eigenvalue weighted by atomic mass is 9.96. The van der Waals surface area contributed by atoms with Crippen LogP contribution in [0.3, 0.4) is 0 Å². The Bertz CT molecular complexity index is 3700. The smallest absolute Gasteiger partial charge is 0.404 e. The third-order valence-corrected chi connectivity index (χ3v) is 22.8. The highest BCUT2D eigenvalue weighted by atomic mass is 35.5. The maximum Gasteiger partial charge on any atom is 0.404 e. The summed E-state index contributed by atoms with van der Waals surface area (Å²) in [5.41, 5.74) is 28.1. The number of amides is 8. The van der Waals surface area contributed by atoms with Crippen molar-refractivity contribution in [1.82, 2.24) is 71.6 Å². The Hall–Kier alpha value is -6.61. The van der Waals surface area contributed by atoms with Gasteiger partial charge in [0.15, 0.2) is 18.7 Å². The van der Waals surface area contributed by atoms with E-state index in [1.54, 1.807) is 15.4 Å². The molecule has 3 aliphatic rings. The van der Waals surface area contributed by atoms with Gasteiger partial charge in [-0.2, -0.15) is 0 Å². The first-order valence-corrected chi connectivity index (χ1v) is 41.1. The van der Waals surface area contributed by atoms with E-state index in [1.807, 2.05) is 0 Å². The molecule has 48 heteroatoms. The molecule has 3 fully saturated rings. The number of carbonyl (C=O) groups excluding carboxylic acids is 8. The van der Waals surface area contributed by atoms with Gasteiger partial charge >= 0.3 is 13.8 Å². The lowest BCUT2D eigenvalue weighted by Crippen LogP contribution is -2.65. The van der Waals surface area contributed by atoms with Crippen LogP contribution in [0.5, 0.6) is 0 Å². The summed E-state index contributed by atoms with van der Waals surface area (Å²) in [5, 5.41) is 111. The van der Waals surface area contributed by atoms with E-state index in [-0.39, 0.29) is 64.9 Å². The lowest BCUT2D eigenvalue weighted by molar-refractivity contribution is -0.372. The number of rotatable bonds is 40. The van der Waals surface area contributed by atoms with E-state index < -0.39 is 190 Å². The number of ether oxygens (including phenoxy) is 5. The molecule has 0 aliphatic carbocycles. The van der Waals surface area contributed by atoms with Gasteiger partial charge in [0.05, 0.1) is 91.8 Å². The molecule has 0 aromatic carbocycles. The molecule has 0 spiro atoms. The van der Waals surface area contributed by atoms with Crippen molar-refractivity contribution in [1.29, 1.82) is 0 Å². The first-order valence-electron chi connectivity index (χ1n) is 34.4. The molecule has 3 aliphatic heterocycles. The molecule has 4 aromatic heterocycles. The highest BCUT2D eigenvalue weighted by Crippen LogP contribution is 2.48. The maximum absolute atomic E-state index is 15.2. The number of nitrogen functional groups attached to an aromatic ring is 1. The predicted octanol–water partition coefficient (Wildman–Crippen LogP) is -5.82. The topological polar surface area (TPSA) is 669 Å². The minimum atomic E-state index is -2.84. The van der Waals surface area contributed by atoms with Crippen LogP contribution in [-0.2, 0) is 74.1 Å². The van der Waals surface area contributed by atoms with Gasteiger partial charge in [-0.05, 0) is 38.1 Å². The zero-order valence-corrected chi connectivity index (χ0v) is 65.6. The molecule has 42 nitrogen and oxygen atoms in total. The van der Waals surface area contributed by atoms with E-state index >= 15 is 4.79 Å².